The molecule has 1 aromatic carbocycles. The molecule has 0 heterocycles. The van der Waals surface area contributed by atoms with Gasteiger partial charge >= 0.3 is 5.97 Å². The third-order valence-corrected chi connectivity index (χ3v) is 3.43. The Labute approximate surface area is 119 Å². The largest absolute Gasteiger partial charge is 0.497 e. The van der Waals surface area contributed by atoms with Crippen molar-refractivity contribution in [1.82, 2.24) is 5.32 Å². The van der Waals surface area contributed by atoms with Crippen LogP contribution in [0.25, 0.3) is 0 Å². The molecule has 2 N–H and O–H groups in total. The van der Waals surface area contributed by atoms with Gasteiger partial charge in [-0.3, -0.25) is 4.79 Å². The molecule has 0 bridgehead atoms. The fourth-order valence-electron chi connectivity index (χ4n) is 2.16. The van der Waals surface area contributed by atoms with Crippen molar-refractivity contribution in [1.29, 1.82) is 0 Å². The van der Waals surface area contributed by atoms with E-state index < -0.39 is 6.10 Å². The van der Waals surface area contributed by atoms with Crippen molar-refractivity contribution in [3.05, 3.63) is 29.3 Å². The summed E-state index contributed by atoms with van der Waals surface area (Å²) < 4.78 is 9.77. The number of likely N-dealkylation sites (N-methyl/N-ethyl adjacent to an activating group) is 1. The average molecular weight is 281 g/mol. The highest BCUT2D eigenvalue weighted by molar-refractivity contribution is 5.69. The molecule has 0 aliphatic carbocycles. The van der Waals surface area contributed by atoms with Crippen LogP contribution in [0.3, 0.4) is 0 Å². The zero-order valence-corrected chi connectivity index (χ0v) is 12.5. The zero-order chi connectivity index (χ0) is 15.1. The van der Waals surface area contributed by atoms with E-state index in [0.29, 0.717) is 6.42 Å². The van der Waals surface area contributed by atoms with Gasteiger partial charge in [0.05, 0.1) is 20.3 Å². The number of aliphatic hydroxyl groups excluding tert-OH is 1. The van der Waals surface area contributed by atoms with Gasteiger partial charge < -0.3 is 19.9 Å². The number of carbonyl (C=O) groups is 1. The highest BCUT2D eigenvalue weighted by Gasteiger charge is 2.22. The van der Waals surface area contributed by atoms with E-state index in [0.717, 1.165) is 16.9 Å². The molecule has 20 heavy (non-hydrogen) atoms. The Balaban J connectivity index is 2.79. The fraction of sp³-hybridized carbons (Fsp3) is 0.533. The molecule has 0 spiro atoms. The third kappa shape index (κ3) is 4.21. The maximum atomic E-state index is 11.2. The number of aliphatic hydroxyl groups is 1. The molecular formula is C15H23NO4. The summed E-state index contributed by atoms with van der Waals surface area (Å²) in [4.78, 5) is 11.2. The lowest BCUT2D eigenvalue weighted by Crippen LogP contribution is -2.33. The fourth-order valence-corrected chi connectivity index (χ4v) is 2.16. The van der Waals surface area contributed by atoms with Gasteiger partial charge in [0.25, 0.3) is 0 Å². The Hall–Kier alpha value is -1.59. The van der Waals surface area contributed by atoms with Crippen molar-refractivity contribution in [2.75, 3.05) is 21.3 Å². The Morgan fingerprint density at radius 3 is 2.60 bits per heavy atom. The number of esters is 1. The van der Waals surface area contributed by atoms with E-state index in [-0.39, 0.29) is 18.4 Å². The highest BCUT2D eigenvalue weighted by atomic mass is 16.5. The summed E-state index contributed by atoms with van der Waals surface area (Å²) in [6, 6.07) is 5.34. The molecule has 0 saturated carbocycles. The van der Waals surface area contributed by atoms with Crippen molar-refractivity contribution in [2.24, 2.45) is 0 Å². The molecule has 0 amide bonds. The van der Waals surface area contributed by atoms with E-state index in [1.165, 1.54) is 7.11 Å². The Bertz CT molecular complexity index is 447. The number of nitrogens with one attached hydrogen (secondary N) is 1. The number of aryl methyl sites for hydroxylation is 1. The standard InChI is InChI=1S/C15H23NO4/c1-10-9-11(19-3)5-6-12(10)15(18)13(16-2)7-8-14(17)20-4/h5-6,9,13,15-16,18H,7-8H2,1-4H3. The number of carbonyl (C=O) groups excluding carboxylic acids is 1. The lowest BCUT2D eigenvalue weighted by molar-refractivity contribution is -0.140. The van der Waals surface area contributed by atoms with Crippen LogP contribution in [0.5, 0.6) is 5.75 Å². The Morgan fingerprint density at radius 2 is 2.10 bits per heavy atom. The first-order chi connectivity index (χ1) is 9.53. The minimum atomic E-state index is -0.685. The van der Waals surface area contributed by atoms with Crippen molar-refractivity contribution in [2.45, 2.75) is 31.9 Å². The van der Waals surface area contributed by atoms with Gasteiger partial charge in [-0.05, 0) is 43.7 Å². The summed E-state index contributed by atoms with van der Waals surface area (Å²) in [5.74, 6) is 0.484. The summed E-state index contributed by atoms with van der Waals surface area (Å²) in [5, 5.41) is 13.5. The Kier molecular flexibility index (Phi) is 6.48. The second-order valence-corrected chi connectivity index (χ2v) is 4.68. The van der Waals surface area contributed by atoms with Crippen LogP contribution in [0.4, 0.5) is 0 Å². The highest BCUT2D eigenvalue weighted by Crippen LogP contribution is 2.26. The Morgan fingerprint density at radius 1 is 1.40 bits per heavy atom. The van der Waals surface area contributed by atoms with Gasteiger partial charge in [-0.15, -0.1) is 0 Å². The number of benzene rings is 1. The van der Waals surface area contributed by atoms with Crippen molar-refractivity contribution >= 4 is 5.97 Å². The molecule has 0 fully saturated rings. The first-order valence-corrected chi connectivity index (χ1v) is 6.60. The number of hydrogen-bond acceptors (Lipinski definition) is 5. The van der Waals surface area contributed by atoms with Crippen LogP contribution in [-0.4, -0.2) is 38.4 Å². The van der Waals surface area contributed by atoms with Gasteiger partial charge in [-0.2, -0.15) is 0 Å². The minimum absolute atomic E-state index is 0.207. The lowest BCUT2D eigenvalue weighted by Gasteiger charge is -2.24. The van der Waals surface area contributed by atoms with Gasteiger partial charge in [0.15, 0.2) is 0 Å². The van der Waals surface area contributed by atoms with E-state index >= 15 is 0 Å². The van der Waals surface area contributed by atoms with Gasteiger partial charge in [0, 0.05) is 12.5 Å². The molecule has 2 unspecified atom stereocenters. The normalized spacial score (nSPS) is 13.7. The van der Waals surface area contributed by atoms with Crippen molar-refractivity contribution in [3.8, 4) is 5.75 Å². The molecule has 2 atom stereocenters. The van der Waals surface area contributed by atoms with Gasteiger partial charge in [0.1, 0.15) is 5.75 Å². The van der Waals surface area contributed by atoms with Crippen molar-refractivity contribution in [3.63, 3.8) is 0 Å². The molecule has 112 valence electrons. The van der Waals surface area contributed by atoms with Crippen LogP contribution in [0.2, 0.25) is 0 Å². The van der Waals surface area contributed by atoms with Crippen LogP contribution in [0.15, 0.2) is 18.2 Å². The van der Waals surface area contributed by atoms with Crippen LogP contribution >= 0.6 is 0 Å². The summed E-state index contributed by atoms with van der Waals surface area (Å²) in [5.41, 5.74) is 1.78. The van der Waals surface area contributed by atoms with E-state index in [4.69, 9.17) is 4.74 Å². The van der Waals surface area contributed by atoms with E-state index in [2.05, 4.69) is 10.1 Å². The molecule has 0 aliphatic heterocycles. The zero-order valence-electron chi connectivity index (χ0n) is 12.5. The number of methoxy groups -OCH3 is 2. The maximum Gasteiger partial charge on any atom is 0.305 e. The van der Waals surface area contributed by atoms with E-state index in [1.54, 1.807) is 14.2 Å². The number of hydrogen-bond donors (Lipinski definition) is 2. The smallest absolute Gasteiger partial charge is 0.305 e. The molecule has 0 aliphatic rings. The second kappa shape index (κ2) is 7.87. The first-order valence-electron chi connectivity index (χ1n) is 6.60. The summed E-state index contributed by atoms with van der Waals surface area (Å²) >= 11 is 0. The van der Waals surface area contributed by atoms with Crippen LogP contribution < -0.4 is 10.1 Å². The number of rotatable bonds is 7. The van der Waals surface area contributed by atoms with E-state index in [1.807, 2.05) is 25.1 Å². The molecule has 0 radical (unpaired) electrons. The summed E-state index contributed by atoms with van der Waals surface area (Å²) in [6.45, 7) is 1.92. The van der Waals surface area contributed by atoms with Crippen molar-refractivity contribution < 1.29 is 19.4 Å². The summed E-state index contributed by atoms with van der Waals surface area (Å²) in [6.07, 6.45) is 0.0972. The topological polar surface area (TPSA) is 67.8 Å². The van der Waals surface area contributed by atoms with Gasteiger partial charge in [-0.1, -0.05) is 6.07 Å². The van der Waals surface area contributed by atoms with Gasteiger partial charge in [0.2, 0.25) is 0 Å². The van der Waals surface area contributed by atoms with Crippen LogP contribution in [0, 0.1) is 6.92 Å². The molecule has 1 rings (SSSR count). The van der Waals surface area contributed by atoms with Crippen LogP contribution in [0.1, 0.15) is 30.1 Å². The molecule has 5 heteroatoms. The predicted octanol–water partition coefficient (Wildman–Crippen LogP) is 1.58. The third-order valence-electron chi connectivity index (χ3n) is 3.43. The van der Waals surface area contributed by atoms with Crippen LogP contribution in [-0.2, 0) is 9.53 Å². The monoisotopic (exact) mass is 281 g/mol. The number of ether oxygens (including phenoxy) is 2. The predicted molar refractivity (Wildman–Crippen MR) is 76.8 cm³/mol. The molecule has 1 aromatic rings. The first kappa shape index (κ1) is 16.5. The molecule has 0 aromatic heterocycles. The summed E-state index contributed by atoms with van der Waals surface area (Å²) in [7, 11) is 4.74. The molecule has 5 nitrogen and oxygen atoms in total. The maximum absolute atomic E-state index is 11.2. The molecule has 0 saturated heterocycles. The average Bonchev–Trinajstić information content (AvgIpc) is 2.46. The second-order valence-electron chi connectivity index (χ2n) is 4.68. The van der Waals surface area contributed by atoms with Gasteiger partial charge in [-0.25, -0.2) is 0 Å². The quantitative estimate of drug-likeness (QED) is 0.743. The minimum Gasteiger partial charge on any atom is -0.497 e. The molecular weight excluding hydrogens is 258 g/mol. The van der Waals surface area contributed by atoms with E-state index in [9.17, 15) is 9.90 Å². The lowest BCUT2D eigenvalue weighted by atomic mass is 9.95. The SMILES string of the molecule is CNC(CCC(=O)OC)C(O)c1ccc(OC)cc1C.